The van der Waals surface area contributed by atoms with Gasteiger partial charge >= 0.3 is 11.9 Å². The highest BCUT2D eigenvalue weighted by atomic mass is 19.4. The second-order valence-electron chi connectivity index (χ2n) is 7.13. The van der Waals surface area contributed by atoms with Gasteiger partial charge in [-0.05, 0) is 43.3 Å². The van der Waals surface area contributed by atoms with Gasteiger partial charge < -0.3 is 0 Å². The van der Waals surface area contributed by atoms with Gasteiger partial charge in [-0.1, -0.05) is 6.07 Å². The minimum Gasteiger partial charge on any atom is -0.268 e. The molecule has 3 aromatic heterocycles. The molecule has 1 aromatic carbocycles. The van der Waals surface area contributed by atoms with E-state index in [1.54, 1.807) is 12.1 Å². The Labute approximate surface area is 184 Å². The predicted molar refractivity (Wildman–Crippen MR) is 112 cm³/mol. The molecule has 0 saturated carbocycles. The van der Waals surface area contributed by atoms with Crippen molar-refractivity contribution >= 4 is 0 Å². The number of rotatable bonds is 3. The molecule has 0 aliphatic heterocycles. The third-order valence-corrected chi connectivity index (χ3v) is 5.13. The van der Waals surface area contributed by atoms with Gasteiger partial charge in [0.25, 0.3) is 5.56 Å². The quantitative estimate of drug-likeness (QED) is 0.476. The van der Waals surface area contributed by atoms with E-state index in [0.29, 0.717) is 11.4 Å². The van der Waals surface area contributed by atoms with Crippen LogP contribution in [0.15, 0.2) is 64.4 Å². The molecule has 33 heavy (non-hydrogen) atoms. The lowest BCUT2D eigenvalue weighted by molar-refractivity contribution is -0.137. The van der Waals surface area contributed by atoms with Crippen LogP contribution in [0.5, 0.6) is 0 Å². The van der Waals surface area contributed by atoms with E-state index >= 15 is 0 Å². The number of alkyl halides is 3. The maximum atomic E-state index is 13.2. The molecule has 0 saturated heterocycles. The van der Waals surface area contributed by atoms with Crippen molar-refractivity contribution < 1.29 is 13.2 Å². The summed E-state index contributed by atoms with van der Waals surface area (Å²) in [6.45, 7) is 1.48. The molecule has 0 fully saturated rings. The Morgan fingerprint density at radius 3 is 2.45 bits per heavy atom. The second-order valence-corrected chi connectivity index (χ2v) is 7.13. The summed E-state index contributed by atoms with van der Waals surface area (Å²) in [4.78, 5) is 30.0. The molecule has 0 unspecified atom stereocenters. The summed E-state index contributed by atoms with van der Waals surface area (Å²) in [6.07, 6.45) is -1.76. The number of hydrogen-bond donors (Lipinski definition) is 0. The van der Waals surface area contributed by atoms with Crippen LogP contribution < -0.4 is 11.2 Å². The topological polar surface area (TPSA) is 98.5 Å². The zero-order valence-electron chi connectivity index (χ0n) is 17.3. The van der Waals surface area contributed by atoms with Gasteiger partial charge in [-0.15, -0.1) is 0 Å². The van der Waals surface area contributed by atoms with Crippen LogP contribution in [0.2, 0.25) is 0 Å². The van der Waals surface area contributed by atoms with Crippen LogP contribution in [0.25, 0.3) is 22.6 Å². The molecule has 4 aromatic rings. The van der Waals surface area contributed by atoms with E-state index in [-0.39, 0.29) is 22.6 Å². The van der Waals surface area contributed by atoms with Crippen molar-refractivity contribution in [2.24, 2.45) is 7.05 Å². The Morgan fingerprint density at radius 2 is 1.82 bits per heavy atom. The number of pyridine rings is 1. The highest BCUT2D eigenvalue weighted by Gasteiger charge is 2.31. The van der Waals surface area contributed by atoms with Crippen molar-refractivity contribution in [1.29, 1.82) is 5.26 Å². The predicted octanol–water partition coefficient (Wildman–Crippen LogP) is 2.98. The van der Waals surface area contributed by atoms with Crippen LogP contribution in [0.1, 0.15) is 17.0 Å². The van der Waals surface area contributed by atoms with Crippen molar-refractivity contribution in [3.05, 3.63) is 92.6 Å². The number of halogens is 3. The van der Waals surface area contributed by atoms with Gasteiger partial charge in [0, 0.05) is 12.7 Å². The minimum atomic E-state index is -4.60. The molecule has 8 nitrogen and oxygen atoms in total. The number of nitriles is 1. The van der Waals surface area contributed by atoms with E-state index in [1.165, 1.54) is 49.2 Å². The fraction of sp³-hybridized carbons (Fsp3) is 0.136. The van der Waals surface area contributed by atoms with Crippen molar-refractivity contribution in [2.75, 3.05) is 0 Å². The molecule has 0 radical (unpaired) electrons. The molecule has 166 valence electrons. The zero-order valence-corrected chi connectivity index (χ0v) is 17.3. The van der Waals surface area contributed by atoms with Gasteiger partial charge in [0.2, 0.25) is 0 Å². The number of hydrogen-bond acceptors (Lipinski definition) is 5. The van der Waals surface area contributed by atoms with Gasteiger partial charge in [0.15, 0.2) is 0 Å². The van der Waals surface area contributed by atoms with E-state index in [9.17, 15) is 22.8 Å². The summed E-state index contributed by atoms with van der Waals surface area (Å²) < 4.78 is 43.0. The third-order valence-electron chi connectivity index (χ3n) is 5.13. The SMILES string of the molecule is Cc1c(-c2ccnn2-c2ccc(C#N)nc2)c(=O)n(C)c(=O)n1-c1cccc(C(F)(F)F)c1. The number of benzene rings is 1. The van der Waals surface area contributed by atoms with Gasteiger partial charge in [-0.2, -0.15) is 23.5 Å². The molecule has 11 heteroatoms. The summed E-state index contributed by atoms with van der Waals surface area (Å²) >= 11 is 0. The van der Waals surface area contributed by atoms with E-state index in [1.807, 2.05) is 6.07 Å². The monoisotopic (exact) mass is 452 g/mol. The first-order valence-electron chi connectivity index (χ1n) is 9.54. The van der Waals surface area contributed by atoms with Crippen LogP contribution in [0, 0.1) is 18.3 Å². The Morgan fingerprint density at radius 1 is 1.06 bits per heavy atom. The Kier molecular flexibility index (Phi) is 5.21. The van der Waals surface area contributed by atoms with Crippen LogP contribution >= 0.6 is 0 Å². The van der Waals surface area contributed by atoms with Crippen LogP contribution in [-0.2, 0) is 13.2 Å². The summed E-state index contributed by atoms with van der Waals surface area (Å²) in [5.41, 5.74) is -1.20. The van der Waals surface area contributed by atoms with Gasteiger partial charge in [-0.25, -0.2) is 14.5 Å². The lowest BCUT2D eigenvalue weighted by Gasteiger charge is -2.17. The largest absolute Gasteiger partial charge is 0.416 e. The molecule has 0 amide bonds. The summed E-state index contributed by atoms with van der Waals surface area (Å²) in [6, 6.07) is 10.8. The summed E-state index contributed by atoms with van der Waals surface area (Å²) in [5, 5.41) is 13.2. The van der Waals surface area contributed by atoms with Gasteiger partial charge in [0.1, 0.15) is 11.8 Å². The standard InChI is InChI=1S/C22H15F3N6O2/c1-13-19(18-8-9-28-31(18)17-7-6-15(11-26)27-12-17)20(32)29(2)21(33)30(13)16-5-3-4-14(10-16)22(23,24)25/h3-10,12H,1-2H3. The molecule has 4 rings (SSSR count). The molecule has 0 atom stereocenters. The summed E-state index contributed by atoms with van der Waals surface area (Å²) in [5.74, 6) is 0. The average molecular weight is 452 g/mol. The van der Waals surface area contributed by atoms with E-state index in [0.717, 1.165) is 21.3 Å². The first-order chi connectivity index (χ1) is 15.6. The van der Waals surface area contributed by atoms with Gasteiger partial charge in [-0.3, -0.25) is 13.9 Å². The highest BCUT2D eigenvalue weighted by molar-refractivity contribution is 5.64. The average Bonchev–Trinajstić information content (AvgIpc) is 3.27. The molecule has 3 heterocycles. The Bertz CT molecular complexity index is 1520. The molecular formula is C22H15F3N6O2. The fourth-order valence-electron chi connectivity index (χ4n) is 3.51. The lowest BCUT2D eigenvalue weighted by atomic mass is 10.1. The maximum absolute atomic E-state index is 13.2. The van der Waals surface area contributed by atoms with Crippen molar-refractivity contribution in [2.45, 2.75) is 13.1 Å². The molecule has 0 spiro atoms. The smallest absolute Gasteiger partial charge is 0.268 e. The van der Waals surface area contributed by atoms with Crippen molar-refractivity contribution in [1.82, 2.24) is 23.9 Å². The minimum absolute atomic E-state index is 0.0321. The van der Waals surface area contributed by atoms with Crippen LogP contribution in [0.4, 0.5) is 13.2 Å². The van der Waals surface area contributed by atoms with Crippen LogP contribution in [0.3, 0.4) is 0 Å². The Hall–Kier alpha value is -4.46. The molecule has 0 N–H and O–H groups in total. The Balaban J connectivity index is 1.98. The van der Waals surface area contributed by atoms with Crippen molar-refractivity contribution in [3.8, 4) is 28.7 Å². The third kappa shape index (κ3) is 3.71. The normalized spacial score (nSPS) is 11.4. The van der Waals surface area contributed by atoms with Gasteiger partial charge in [0.05, 0.1) is 40.6 Å². The first kappa shape index (κ1) is 21.8. The highest BCUT2D eigenvalue weighted by Crippen LogP contribution is 2.31. The molecule has 0 aliphatic rings. The second kappa shape index (κ2) is 7.90. The summed E-state index contributed by atoms with van der Waals surface area (Å²) in [7, 11) is 1.25. The lowest BCUT2D eigenvalue weighted by Crippen LogP contribution is -2.40. The van der Waals surface area contributed by atoms with E-state index < -0.39 is 23.0 Å². The van der Waals surface area contributed by atoms with Crippen LogP contribution in [-0.4, -0.2) is 23.9 Å². The molecule has 0 bridgehead atoms. The number of nitrogens with zero attached hydrogens (tertiary/aromatic N) is 6. The first-order valence-corrected chi connectivity index (χ1v) is 9.54. The zero-order chi connectivity index (χ0) is 23.9. The maximum Gasteiger partial charge on any atom is 0.416 e. The van der Waals surface area contributed by atoms with Crippen molar-refractivity contribution in [3.63, 3.8) is 0 Å². The fourth-order valence-corrected chi connectivity index (χ4v) is 3.51. The van der Waals surface area contributed by atoms with E-state index in [2.05, 4.69) is 10.1 Å². The number of aromatic nitrogens is 5. The molecular weight excluding hydrogens is 437 g/mol. The van der Waals surface area contributed by atoms with E-state index in [4.69, 9.17) is 5.26 Å². The molecule has 0 aliphatic carbocycles.